The van der Waals surface area contributed by atoms with Gasteiger partial charge in [-0.25, -0.2) is 4.98 Å². The van der Waals surface area contributed by atoms with Crippen LogP contribution < -0.4 is 5.56 Å². The molecule has 0 aliphatic heterocycles. The maximum absolute atomic E-state index is 13.3. The highest BCUT2D eigenvalue weighted by Crippen LogP contribution is 2.27. The maximum Gasteiger partial charge on any atom is 0.257 e. The Morgan fingerprint density at radius 3 is 2.28 bits per heavy atom. The third kappa shape index (κ3) is 4.27. The highest BCUT2D eigenvalue weighted by Gasteiger charge is 2.20. The molecule has 0 saturated heterocycles. The van der Waals surface area contributed by atoms with Crippen molar-refractivity contribution in [3.05, 3.63) is 116 Å². The number of hydrogen-bond donors (Lipinski definition) is 1. The van der Waals surface area contributed by atoms with E-state index in [9.17, 15) is 9.90 Å². The molecule has 1 unspecified atom stereocenters. The second kappa shape index (κ2) is 8.77. The summed E-state index contributed by atoms with van der Waals surface area (Å²) in [6, 6.07) is 15.0. The number of aliphatic hydroxyl groups excluding tert-OH is 1. The summed E-state index contributed by atoms with van der Waals surface area (Å²) in [6.45, 7) is 7.88. The van der Waals surface area contributed by atoms with E-state index in [0.717, 1.165) is 28.1 Å². The van der Waals surface area contributed by atoms with Gasteiger partial charge < -0.3 is 14.2 Å². The molecule has 0 bridgehead atoms. The van der Waals surface area contributed by atoms with Crippen LogP contribution in [0.5, 0.6) is 0 Å². The molecular formula is C26H26ClN3O2. The number of hydrogen-bond acceptors (Lipinski definition) is 3. The van der Waals surface area contributed by atoms with E-state index in [1.165, 1.54) is 0 Å². The van der Waals surface area contributed by atoms with Crippen LogP contribution >= 0.6 is 11.6 Å². The van der Waals surface area contributed by atoms with Gasteiger partial charge in [-0.15, -0.1) is 0 Å². The molecule has 0 aliphatic carbocycles. The molecule has 0 fully saturated rings. The molecule has 32 heavy (non-hydrogen) atoms. The van der Waals surface area contributed by atoms with Gasteiger partial charge in [0.15, 0.2) is 0 Å². The molecular weight excluding hydrogens is 422 g/mol. The van der Waals surface area contributed by atoms with Gasteiger partial charge in [-0.3, -0.25) is 4.79 Å². The molecule has 2 aromatic heterocycles. The molecule has 2 heterocycles. The first-order valence-electron chi connectivity index (χ1n) is 10.5. The average molecular weight is 448 g/mol. The number of rotatable bonds is 5. The van der Waals surface area contributed by atoms with Crippen molar-refractivity contribution in [3.63, 3.8) is 0 Å². The van der Waals surface area contributed by atoms with E-state index >= 15 is 0 Å². The van der Waals surface area contributed by atoms with Crippen molar-refractivity contribution in [1.82, 2.24) is 14.1 Å². The van der Waals surface area contributed by atoms with Crippen molar-refractivity contribution in [2.24, 2.45) is 0 Å². The topological polar surface area (TPSA) is 60.1 Å². The molecule has 5 nitrogen and oxygen atoms in total. The van der Waals surface area contributed by atoms with Gasteiger partial charge >= 0.3 is 0 Å². The molecule has 6 heteroatoms. The van der Waals surface area contributed by atoms with E-state index in [1.807, 2.05) is 80.9 Å². The minimum absolute atomic E-state index is 0.221. The first-order valence-corrected chi connectivity index (χ1v) is 10.9. The van der Waals surface area contributed by atoms with Gasteiger partial charge in [-0.2, -0.15) is 0 Å². The lowest BCUT2D eigenvalue weighted by molar-refractivity contribution is 0.217. The number of halogens is 1. The summed E-state index contributed by atoms with van der Waals surface area (Å²) in [4.78, 5) is 17.6. The Morgan fingerprint density at radius 1 is 0.969 bits per heavy atom. The summed E-state index contributed by atoms with van der Waals surface area (Å²) in [7, 11) is 0. The number of imidazole rings is 1. The van der Waals surface area contributed by atoms with Crippen LogP contribution in [0.3, 0.4) is 0 Å². The summed E-state index contributed by atoms with van der Waals surface area (Å²) in [6.07, 6.45) is 4.24. The predicted octanol–water partition coefficient (Wildman–Crippen LogP) is 5.30. The number of pyridine rings is 1. The van der Waals surface area contributed by atoms with Gasteiger partial charge in [0, 0.05) is 18.1 Å². The average Bonchev–Trinajstić information content (AvgIpc) is 3.20. The zero-order valence-electron chi connectivity index (χ0n) is 18.6. The minimum atomic E-state index is -1.09. The molecule has 2 atom stereocenters. The van der Waals surface area contributed by atoms with Crippen molar-refractivity contribution in [2.75, 3.05) is 0 Å². The Morgan fingerprint density at radius 2 is 1.66 bits per heavy atom. The summed E-state index contributed by atoms with van der Waals surface area (Å²) < 4.78 is 3.53. The van der Waals surface area contributed by atoms with Crippen LogP contribution in [0, 0.1) is 20.8 Å². The Balaban J connectivity index is 1.71. The molecule has 0 amide bonds. The van der Waals surface area contributed by atoms with Gasteiger partial charge in [-0.1, -0.05) is 53.6 Å². The molecule has 2 aromatic carbocycles. The molecule has 164 valence electrons. The SMILES string of the molecule is Cc1ccc([C@H](C)n2cc(Cl)cc(C(O)c3ccc(-n4cnc(C)c4)c(C)c3)c2=O)cc1. The summed E-state index contributed by atoms with van der Waals surface area (Å²) >= 11 is 6.37. The Labute approximate surface area is 192 Å². The smallest absolute Gasteiger partial charge is 0.257 e. The maximum atomic E-state index is 13.3. The summed E-state index contributed by atoms with van der Waals surface area (Å²) in [5.41, 5.74) is 5.64. The van der Waals surface area contributed by atoms with E-state index in [2.05, 4.69) is 4.98 Å². The molecule has 0 spiro atoms. The zero-order chi connectivity index (χ0) is 23.0. The summed E-state index contributed by atoms with van der Waals surface area (Å²) in [5, 5.41) is 11.5. The third-order valence-corrected chi connectivity index (χ3v) is 6.04. The van der Waals surface area contributed by atoms with E-state index < -0.39 is 6.10 Å². The second-order valence-corrected chi connectivity index (χ2v) is 8.72. The molecule has 4 aromatic rings. The quantitative estimate of drug-likeness (QED) is 0.451. The molecule has 4 rings (SSSR count). The highest BCUT2D eigenvalue weighted by molar-refractivity contribution is 6.30. The highest BCUT2D eigenvalue weighted by atomic mass is 35.5. The fraction of sp³-hybridized carbons (Fsp3) is 0.231. The van der Waals surface area contributed by atoms with Gasteiger partial charge in [0.1, 0.15) is 6.10 Å². The number of nitrogens with zero attached hydrogens (tertiary/aromatic N) is 3. The number of aromatic nitrogens is 3. The van der Waals surface area contributed by atoms with Crippen molar-refractivity contribution < 1.29 is 5.11 Å². The number of benzene rings is 2. The zero-order valence-corrected chi connectivity index (χ0v) is 19.3. The van der Waals surface area contributed by atoms with Crippen molar-refractivity contribution in [2.45, 2.75) is 39.8 Å². The van der Waals surface area contributed by atoms with Crippen molar-refractivity contribution >= 4 is 11.6 Å². The van der Waals surface area contributed by atoms with Crippen LogP contribution in [0.15, 0.2) is 72.0 Å². The van der Waals surface area contributed by atoms with Crippen molar-refractivity contribution in [3.8, 4) is 5.69 Å². The van der Waals surface area contributed by atoms with Crippen LogP contribution in [-0.4, -0.2) is 19.2 Å². The lowest BCUT2D eigenvalue weighted by Gasteiger charge is -2.20. The molecule has 0 saturated carbocycles. The van der Waals surface area contributed by atoms with E-state index in [4.69, 9.17) is 11.6 Å². The normalized spacial score (nSPS) is 13.2. The molecule has 1 N–H and O–H groups in total. The van der Waals surface area contributed by atoms with Crippen LogP contribution in [0.4, 0.5) is 0 Å². The van der Waals surface area contributed by atoms with Gasteiger partial charge in [0.05, 0.1) is 28.6 Å². The first-order chi connectivity index (χ1) is 15.2. The van der Waals surface area contributed by atoms with Crippen molar-refractivity contribution in [1.29, 1.82) is 0 Å². The predicted molar refractivity (Wildman–Crippen MR) is 128 cm³/mol. The monoisotopic (exact) mass is 447 g/mol. The van der Waals surface area contributed by atoms with E-state index in [1.54, 1.807) is 23.2 Å². The van der Waals surface area contributed by atoms with Crippen LogP contribution in [-0.2, 0) is 0 Å². The summed E-state index contributed by atoms with van der Waals surface area (Å²) in [5.74, 6) is 0. The fourth-order valence-electron chi connectivity index (χ4n) is 3.95. The van der Waals surface area contributed by atoms with Gasteiger partial charge in [0.2, 0.25) is 0 Å². The Hall–Kier alpha value is -3.15. The number of aliphatic hydroxyl groups is 1. The Bertz CT molecular complexity index is 1320. The fourth-order valence-corrected chi connectivity index (χ4v) is 4.17. The van der Waals surface area contributed by atoms with E-state index in [-0.39, 0.29) is 17.2 Å². The minimum Gasteiger partial charge on any atom is -0.383 e. The lowest BCUT2D eigenvalue weighted by Crippen LogP contribution is -2.28. The third-order valence-electron chi connectivity index (χ3n) is 5.84. The van der Waals surface area contributed by atoms with Crippen LogP contribution in [0.1, 0.15) is 52.6 Å². The first kappa shape index (κ1) is 22.1. The molecule has 0 radical (unpaired) electrons. The lowest BCUT2D eigenvalue weighted by atomic mass is 9.99. The van der Waals surface area contributed by atoms with Gasteiger partial charge in [-0.05, 0) is 56.5 Å². The largest absolute Gasteiger partial charge is 0.383 e. The van der Waals surface area contributed by atoms with Crippen LogP contribution in [0.25, 0.3) is 5.69 Å². The van der Waals surface area contributed by atoms with E-state index in [0.29, 0.717) is 10.6 Å². The van der Waals surface area contributed by atoms with Crippen LogP contribution in [0.2, 0.25) is 5.02 Å². The Kier molecular flexibility index (Phi) is 6.04. The molecule has 0 aliphatic rings. The standard InChI is InChI=1S/C26H26ClN3O2/c1-16-5-7-20(8-6-16)19(4)30-14-22(27)12-23(26(30)32)25(31)21-9-10-24(17(2)11-21)29-13-18(3)28-15-29/h5-15,19,25,31H,1-4H3/t19-,25?/m0/s1. The second-order valence-electron chi connectivity index (χ2n) is 8.28. The van der Waals surface area contributed by atoms with Gasteiger partial charge in [0.25, 0.3) is 5.56 Å². The number of aryl methyl sites for hydroxylation is 3.